The van der Waals surface area contributed by atoms with E-state index in [1.807, 2.05) is 36.0 Å². The van der Waals surface area contributed by atoms with Crippen LogP contribution < -0.4 is 16.4 Å². The highest BCUT2D eigenvalue weighted by atomic mass is 19.1. The van der Waals surface area contributed by atoms with Crippen molar-refractivity contribution in [3.05, 3.63) is 112 Å². The summed E-state index contributed by atoms with van der Waals surface area (Å²) in [7, 11) is 0. The minimum atomic E-state index is -0.622. The van der Waals surface area contributed by atoms with Gasteiger partial charge in [-0.1, -0.05) is 31.2 Å². The van der Waals surface area contributed by atoms with Gasteiger partial charge in [0.2, 0.25) is 5.91 Å². The molecule has 0 radical (unpaired) electrons. The number of anilines is 1. The van der Waals surface area contributed by atoms with Crippen LogP contribution in [0, 0.1) is 5.82 Å². The Morgan fingerprint density at radius 2 is 1.68 bits per heavy atom. The predicted octanol–water partition coefficient (Wildman–Crippen LogP) is 6.53. The average molecular weight is 761 g/mol. The third kappa shape index (κ3) is 8.93. The van der Waals surface area contributed by atoms with Gasteiger partial charge >= 0.3 is 0 Å². The SMILES string of the molecule is CCc1nc2c(cnn2CC)c(NC2CCOCC2)c1CN(Cc1cc(F)cc(-c2cccc(CN3C[C@@H](C)N[C@@H](C)C3)c2)c1)C(=O)c1cccc(C(N)=O)c1. The molecule has 0 unspecified atom stereocenters. The van der Waals surface area contributed by atoms with Crippen LogP contribution in [0.15, 0.2) is 72.9 Å². The highest BCUT2D eigenvalue weighted by Crippen LogP contribution is 2.33. The Labute approximate surface area is 328 Å². The second kappa shape index (κ2) is 17.3. The number of nitrogens with two attached hydrogens (primary N) is 1. The number of aryl methyl sites for hydroxylation is 2. The fourth-order valence-electron chi connectivity index (χ4n) is 8.26. The van der Waals surface area contributed by atoms with E-state index in [0.29, 0.717) is 49.4 Å². The minimum absolute atomic E-state index is 0.104. The summed E-state index contributed by atoms with van der Waals surface area (Å²) in [5.74, 6) is -1.33. The van der Waals surface area contributed by atoms with Crippen molar-refractivity contribution in [2.75, 3.05) is 31.6 Å². The van der Waals surface area contributed by atoms with Gasteiger partial charge in [-0.3, -0.25) is 14.5 Å². The van der Waals surface area contributed by atoms with Gasteiger partial charge < -0.3 is 26.0 Å². The average Bonchev–Trinajstić information content (AvgIpc) is 3.61. The molecule has 2 fully saturated rings. The molecule has 11 nitrogen and oxygen atoms in total. The van der Waals surface area contributed by atoms with Crippen LogP contribution >= 0.6 is 0 Å². The number of nitrogens with zero attached hydrogens (tertiary/aromatic N) is 5. The van der Waals surface area contributed by atoms with Crippen LogP contribution in [-0.4, -0.2) is 80.8 Å². The van der Waals surface area contributed by atoms with Gasteiger partial charge in [0.15, 0.2) is 5.65 Å². The van der Waals surface area contributed by atoms with E-state index in [2.05, 4.69) is 53.5 Å². The van der Waals surface area contributed by atoms with Crippen molar-refractivity contribution in [2.24, 2.45) is 5.73 Å². The molecule has 0 aliphatic carbocycles. The van der Waals surface area contributed by atoms with Crippen LogP contribution in [0.3, 0.4) is 0 Å². The van der Waals surface area contributed by atoms with Gasteiger partial charge in [0.25, 0.3) is 5.91 Å². The standard InChI is InChI=1S/C44H53FN8O3/c1-5-40-39(41(49-37-13-15-56-16-14-37)38-22-47-53(6-2)43(38)50-40)27-52(44(55)34-12-8-11-33(20-34)42(46)54)26-31-18-35(21-36(45)19-31)32-10-7-9-30(17-32)25-51-23-28(3)48-29(4)24-51/h7-12,17-22,28-29,37,48H,5-6,13-16,23-27H2,1-4H3,(H2,46,54)(H,49,50)/t28-,29+. The van der Waals surface area contributed by atoms with E-state index in [4.69, 9.17) is 15.5 Å². The topological polar surface area (TPSA) is 131 Å². The second-order valence-electron chi connectivity index (χ2n) is 15.3. The van der Waals surface area contributed by atoms with Crippen LogP contribution in [0.4, 0.5) is 10.1 Å². The summed E-state index contributed by atoms with van der Waals surface area (Å²) in [6, 6.07) is 20.7. The van der Waals surface area contributed by atoms with Gasteiger partial charge in [0.1, 0.15) is 5.82 Å². The number of ether oxygens (including phenoxy) is 1. The molecule has 4 N–H and O–H groups in total. The number of carbonyl (C=O) groups is 2. The zero-order valence-corrected chi connectivity index (χ0v) is 32.9. The second-order valence-corrected chi connectivity index (χ2v) is 15.3. The van der Waals surface area contributed by atoms with Gasteiger partial charge in [0.05, 0.1) is 23.8 Å². The van der Waals surface area contributed by atoms with Crippen molar-refractivity contribution >= 4 is 28.5 Å². The number of amides is 2. The van der Waals surface area contributed by atoms with Gasteiger partial charge in [-0.15, -0.1) is 0 Å². The summed E-state index contributed by atoms with van der Waals surface area (Å²) in [4.78, 5) is 36.1. The van der Waals surface area contributed by atoms with Crippen molar-refractivity contribution in [3.63, 3.8) is 0 Å². The number of hydrogen-bond acceptors (Lipinski definition) is 8. The Hall–Kier alpha value is -5.17. The molecule has 4 heterocycles. The number of hydrogen-bond donors (Lipinski definition) is 3. The lowest BCUT2D eigenvalue weighted by Gasteiger charge is -2.36. The lowest BCUT2D eigenvalue weighted by Crippen LogP contribution is -2.53. The first-order valence-electron chi connectivity index (χ1n) is 19.9. The fourth-order valence-corrected chi connectivity index (χ4v) is 8.26. The molecule has 3 aromatic carbocycles. The van der Waals surface area contributed by atoms with E-state index in [9.17, 15) is 9.59 Å². The number of piperazine rings is 1. The zero-order chi connectivity index (χ0) is 39.3. The lowest BCUT2D eigenvalue weighted by molar-refractivity contribution is 0.0729. The summed E-state index contributed by atoms with van der Waals surface area (Å²) in [6.45, 7) is 13.5. The monoisotopic (exact) mass is 760 g/mol. The summed E-state index contributed by atoms with van der Waals surface area (Å²) >= 11 is 0. The van der Waals surface area contributed by atoms with Gasteiger partial charge in [-0.2, -0.15) is 5.10 Å². The van der Waals surface area contributed by atoms with E-state index in [1.54, 1.807) is 29.2 Å². The van der Waals surface area contributed by atoms with Crippen LogP contribution in [0.25, 0.3) is 22.2 Å². The number of nitrogens with one attached hydrogen (secondary N) is 2. The number of rotatable bonds is 13. The van der Waals surface area contributed by atoms with Gasteiger partial charge in [-0.05, 0) is 105 Å². The maximum absolute atomic E-state index is 15.7. The first-order chi connectivity index (χ1) is 27.1. The molecule has 0 spiro atoms. The molecule has 294 valence electrons. The maximum Gasteiger partial charge on any atom is 0.254 e. The van der Waals surface area contributed by atoms with Crippen LogP contribution in [0.2, 0.25) is 0 Å². The number of aromatic nitrogens is 3. The molecule has 2 aromatic heterocycles. The summed E-state index contributed by atoms with van der Waals surface area (Å²) in [5, 5.41) is 12.9. The van der Waals surface area contributed by atoms with Crippen molar-refractivity contribution in [1.29, 1.82) is 0 Å². The predicted molar refractivity (Wildman–Crippen MR) is 218 cm³/mol. The third-order valence-corrected chi connectivity index (χ3v) is 10.8. The fraction of sp³-hybridized carbons (Fsp3) is 0.409. The molecular formula is C44H53FN8O3. The number of pyridine rings is 1. The maximum atomic E-state index is 15.7. The third-order valence-electron chi connectivity index (χ3n) is 10.8. The van der Waals surface area contributed by atoms with E-state index in [0.717, 1.165) is 77.1 Å². The number of fused-ring (bicyclic) bond motifs is 1. The number of primary amides is 1. The highest BCUT2D eigenvalue weighted by Gasteiger charge is 2.27. The van der Waals surface area contributed by atoms with Crippen LogP contribution in [0.5, 0.6) is 0 Å². The largest absolute Gasteiger partial charge is 0.381 e. The summed E-state index contributed by atoms with van der Waals surface area (Å²) in [5.41, 5.74) is 13.0. The van der Waals surface area contributed by atoms with E-state index < -0.39 is 5.91 Å². The summed E-state index contributed by atoms with van der Waals surface area (Å²) < 4.78 is 23.2. The minimum Gasteiger partial charge on any atom is -0.381 e. The Kier molecular flexibility index (Phi) is 12.1. The number of halogens is 1. The Bertz CT molecular complexity index is 2190. The molecular weight excluding hydrogens is 708 g/mol. The molecule has 2 aliphatic rings. The first-order valence-corrected chi connectivity index (χ1v) is 19.9. The zero-order valence-electron chi connectivity index (χ0n) is 32.9. The van der Waals surface area contributed by atoms with Crippen molar-refractivity contribution < 1.29 is 18.7 Å². The van der Waals surface area contributed by atoms with E-state index in [1.165, 1.54) is 12.1 Å². The molecule has 12 heteroatoms. The Balaban J connectivity index is 1.27. The van der Waals surface area contributed by atoms with E-state index >= 15 is 4.39 Å². The Morgan fingerprint density at radius 1 is 0.946 bits per heavy atom. The van der Waals surface area contributed by atoms with Crippen LogP contribution in [0.1, 0.15) is 83.6 Å². The smallest absolute Gasteiger partial charge is 0.254 e. The van der Waals surface area contributed by atoms with Crippen molar-refractivity contribution in [1.82, 2.24) is 29.9 Å². The highest BCUT2D eigenvalue weighted by molar-refractivity contribution is 5.99. The first kappa shape index (κ1) is 39.1. The summed E-state index contributed by atoms with van der Waals surface area (Å²) in [6.07, 6.45) is 4.15. The quantitative estimate of drug-likeness (QED) is 0.124. The molecule has 2 amide bonds. The molecule has 0 bridgehead atoms. The van der Waals surface area contributed by atoms with Gasteiger partial charge in [-0.25, -0.2) is 14.1 Å². The van der Waals surface area contributed by atoms with Gasteiger partial charge in [0, 0.05) is 86.4 Å². The van der Waals surface area contributed by atoms with E-state index in [-0.39, 0.29) is 36.4 Å². The van der Waals surface area contributed by atoms with Crippen molar-refractivity contribution in [2.45, 2.75) is 91.3 Å². The van der Waals surface area contributed by atoms with Crippen LogP contribution in [-0.2, 0) is 37.3 Å². The number of carbonyl (C=O) groups excluding carboxylic acids is 2. The molecule has 7 rings (SSSR count). The molecule has 5 aromatic rings. The molecule has 56 heavy (non-hydrogen) atoms. The van der Waals surface area contributed by atoms with Crippen molar-refractivity contribution in [3.8, 4) is 11.1 Å². The normalized spacial score (nSPS) is 17.9. The molecule has 2 saturated heterocycles. The lowest BCUT2D eigenvalue weighted by atomic mass is 9.99. The number of benzene rings is 3. The molecule has 2 atom stereocenters. The Morgan fingerprint density at radius 3 is 2.41 bits per heavy atom. The molecule has 2 aliphatic heterocycles. The molecule has 0 saturated carbocycles.